The Bertz CT molecular complexity index is 475. The van der Waals surface area contributed by atoms with Gasteiger partial charge in [-0.05, 0) is 37.1 Å². The van der Waals surface area contributed by atoms with Gasteiger partial charge in [0, 0.05) is 16.6 Å². The molecule has 1 aromatic carbocycles. The molecule has 0 heterocycles. The van der Waals surface area contributed by atoms with Gasteiger partial charge < -0.3 is 14.8 Å². The number of carbonyl (C=O) groups excluding carboxylic acids is 1. The summed E-state index contributed by atoms with van der Waals surface area (Å²) in [6, 6.07) is 4.06. The molecule has 0 aliphatic rings. The quantitative estimate of drug-likeness (QED) is 0.724. The Kier molecular flexibility index (Phi) is 7.75. The van der Waals surface area contributed by atoms with Crippen LogP contribution in [0.15, 0.2) is 16.6 Å². The summed E-state index contributed by atoms with van der Waals surface area (Å²) in [6.45, 7) is 8.37. The lowest BCUT2D eigenvalue weighted by atomic mass is 10.1. The molecule has 0 aromatic heterocycles. The largest absolute Gasteiger partial charge is 0.492 e. The number of esters is 1. The molecule has 1 N–H and O–H groups in total. The fourth-order valence-corrected chi connectivity index (χ4v) is 2.59. The molecule has 0 saturated heterocycles. The first-order valence-corrected chi connectivity index (χ1v) is 7.92. The molecule has 0 unspecified atom stereocenters. The number of ether oxygens (including phenoxy) is 2. The monoisotopic (exact) mass is 357 g/mol. The zero-order valence-corrected chi connectivity index (χ0v) is 14.7. The highest BCUT2D eigenvalue weighted by Crippen LogP contribution is 2.28. The van der Waals surface area contributed by atoms with Gasteiger partial charge >= 0.3 is 5.97 Å². The molecular formula is C16H24BrNO3. The van der Waals surface area contributed by atoms with Crippen molar-refractivity contribution in [2.45, 2.75) is 33.7 Å². The SMILES string of the molecule is COC(=O)CCOc1c(C)cc(Br)cc1CNCC(C)C. The van der Waals surface area contributed by atoms with Gasteiger partial charge in [-0.15, -0.1) is 0 Å². The van der Waals surface area contributed by atoms with E-state index in [1.165, 1.54) is 7.11 Å². The normalized spacial score (nSPS) is 10.8. The number of rotatable bonds is 8. The topological polar surface area (TPSA) is 47.6 Å². The first-order valence-electron chi connectivity index (χ1n) is 7.13. The number of hydrogen-bond donors (Lipinski definition) is 1. The molecule has 0 spiro atoms. The molecule has 0 radical (unpaired) electrons. The first kappa shape index (κ1) is 18.0. The molecular weight excluding hydrogens is 334 g/mol. The molecule has 0 fully saturated rings. The number of benzene rings is 1. The van der Waals surface area contributed by atoms with Gasteiger partial charge in [0.25, 0.3) is 0 Å². The lowest BCUT2D eigenvalue weighted by molar-refractivity contribution is -0.141. The third-order valence-corrected chi connectivity index (χ3v) is 3.42. The maximum atomic E-state index is 11.2. The molecule has 0 saturated carbocycles. The van der Waals surface area contributed by atoms with E-state index in [2.05, 4.69) is 39.8 Å². The zero-order valence-electron chi connectivity index (χ0n) is 13.2. The highest BCUT2D eigenvalue weighted by atomic mass is 79.9. The van der Waals surface area contributed by atoms with Crippen molar-refractivity contribution in [1.82, 2.24) is 5.32 Å². The lowest BCUT2D eigenvalue weighted by Gasteiger charge is -2.16. The standard InChI is InChI=1S/C16H24BrNO3/c1-11(2)9-18-10-13-8-14(17)7-12(3)16(13)21-6-5-15(19)20-4/h7-8,11,18H,5-6,9-10H2,1-4H3. The van der Waals surface area contributed by atoms with E-state index >= 15 is 0 Å². The highest BCUT2D eigenvalue weighted by Gasteiger charge is 2.10. The maximum absolute atomic E-state index is 11.2. The summed E-state index contributed by atoms with van der Waals surface area (Å²) in [5.74, 6) is 1.18. The third kappa shape index (κ3) is 6.48. The van der Waals surface area contributed by atoms with Gasteiger partial charge in [-0.1, -0.05) is 29.8 Å². The van der Waals surface area contributed by atoms with Crippen molar-refractivity contribution in [2.24, 2.45) is 5.92 Å². The summed E-state index contributed by atoms with van der Waals surface area (Å²) in [7, 11) is 1.38. The minimum atomic E-state index is -0.260. The van der Waals surface area contributed by atoms with E-state index in [4.69, 9.17) is 4.74 Å². The van der Waals surface area contributed by atoms with Crippen LogP contribution in [0.2, 0.25) is 0 Å². The predicted octanol–water partition coefficient (Wildman–Crippen LogP) is 3.45. The van der Waals surface area contributed by atoms with Gasteiger partial charge in [-0.2, -0.15) is 0 Å². The second-order valence-corrected chi connectivity index (χ2v) is 6.33. The fourth-order valence-electron chi connectivity index (χ4n) is 1.97. The predicted molar refractivity (Wildman–Crippen MR) is 87.6 cm³/mol. The minimum absolute atomic E-state index is 0.255. The summed E-state index contributed by atoms with van der Waals surface area (Å²) in [5.41, 5.74) is 2.14. The fraction of sp³-hybridized carbons (Fsp3) is 0.562. The second-order valence-electron chi connectivity index (χ2n) is 5.41. The molecule has 0 aliphatic carbocycles. The van der Waals surface area contributed by atoms with Crippen LogP contribution in [0.3, 0.4) is 0 Å². The Balaban J connectivity index is 2.72. The molecule has 0 atom stereocenters. The summed E-state index contributed by atoms with van der Waals surface area (Å²) < 4.78 is 11.4. The van der Waals surface area contributed by atoms with E-state index < -0.39 is 0 Å². The van der Waals surface area contributed by atoms with Crippen LogP contribution in [0.5, 0.6) is 5.75 Å². The van der Waals surface area contributed by atoms with Crippen molar-refractivity contribution >= 4 is 21.9 Å². The molecule has 0 bridgehead atoms. The van der Waals surface area contributed by atoms with Crippen LogP contribution in [-0.2, 0) is 16.1 Å². The van der Waals surface area contributed by atoms with Crippen LogP contribution in [0.4, 0.5) is 0 Å². The maximum Gasteiger partial charge on any atom is 0.308 e. The average Bonchev–Trinajstić information content (AvgIpc) is 2.40. The molecule has 1 rings (SSSR count). The second kappa shape index (κ2) is 9.05. The molecule has 4 nitrogen and oxygen atoms in total. The van der Waals surface area contributed by atoms with Gasteiger partial charge in [0.15, 0.2) is 0 Å². The van der Waals surface area contributed by atoms with E-state index in [1.54, 1.807) is 0 Å². The van der Waals surface area contributed by atoms with Crippen LogP contribution >= 0.6 is 15.9 Å². The van der Waals surface area contributed by atoms with E-state index in [9.17, 15) is 4.79 Å². The summed E-state index contributed by atoms with van der Waals surface area (Å²) in [6.07, 6.45) is 0.255. The van der Waals surface area contributed by atoms with Crippen molar-refractivity contribution < 1.29 is 14.3 Å². The Morgan fingerprint density at radius 3 is 2.71 bits per heavy atom. The van der Waals surface area contributed by atoms with Gasteiger partial charge in [-0.25, -0.2) is 0 Å². The Morgan fingerprint density at radius 1 is 1.38 bits per heavy atom. The van der Waals surface area contributed by atoms with Crippen LogP contribution in [0.1, 0.15) is 31.4 Å². The summed E-state index contributed by atoms with van der Waals surface area (Å²) >= 11 is 3.51. The van der Waals surface area contributed by atoms with Crippen molar-refractivity contribution in [2.75, 3.05) is 20.3 Å². The zero-order chi connectivity index (χ0) is 15.8. The van der Waals surface area contributed by atoms with Crippen LogP contribution in [-0.4, -0.2) is 26.2 Å². The first-order chi connectivity index (χ1) is 9.93. The number of carbonyl (C=O) groups is 1. The van der Waals surface area contributed by atoms with Crippen LogP contribution < -0.4 is 10.1 Å². The van der Waals surface area contributed by atoms with Crippen LogP contribution in [0, 0.1) is 12.8 Å². The van der Waals surface area contributed by atoms with Crippen molar-refractivity contribution in [3.05, 3.63) is 27.7 Å². The Labute approximate surface area is 135 Å². The number of nitrogens with one attached hydrogen (secondary N) is 1. The number of methoxy groups -OCH3 is 1. The Hall–Kier alpha value is -1.07. The highest BCUT2D eigenvalue weighted by molar-refractivity contribution is 9.10. The van der Waals surface area contributed by atoms with Crippen molar-refractivity contribution in [3.63, 3.8) is 0 Å². The van der Waals surface area contributed by atoms with E-state index in [0.717, 1.165) is 34.4 Å². The van der Waals surface area contributed by atoms with E-state index in [1.807, 2.05) is 19.1 Å². The number of aryl methyl sites for hydroxylation is 1. The van der Waals surface area contributed by atoms with Gasteiger partial charge in [0.1, 0.15) is 5.75 Å². The van der Waals surface area contributed by atoms with Gasteiger partial charge in [0.05, 0.1) is 20.1 Å². The molecule has 5 heteroatoms. The molecule has 118 valence electrons. The molecule has 0 aliphatic heterocycles. The lowest BCUT2D eigenvalue weighted by Crippen LogP contribution is -2.20. The van der Waals surface area contributed by atoms with Crippen LogP contribution in [0.25, 0.3) is 0 Å². The third-order valence-electron chi connectivity index (χ3n) is 2.96. The average molecular weight is 358 g/mol. The van der Waals surface area contributed by atoms with E-state index in [0.29, 0.717) is 12.5 Å². The number of halogens is 1. The molecule has 21 heavy (non-hydrogen) atoms. The van der Waals surface area contributed by atoms with Gasteiger partial charge in [0.2, 0.25) is 0 Å². The number of hydrogen-bond acceptors (Lipinski definition) is 4. The molecule has 0 amide bonds. The molecule has 1 aromatic rings. The minimum Gasteiger partial charge on any atom is -0.492 e. The van der Waals surface area contributed by atoms with Crippen molar-refractivity contribution in [3.8, 4) is 5.75 Å². The van der Waals surface area contributed by atoms with Gasteiger partial charge in [-0.3, -0.25) is 4.79 Å². The van der Waals surface area contributed by atoms with Crippen molar-refractivity contribution in [1.29, 1.82) is 0 Å². The Morgan fingerprint density at radius 2 is 2.10 bits per heavy atom. The smallest absolute Gasteiger partial charge is 0.308 e. The summed E-state index contributed by atoms with van der Waals surface area (Å²) in [5, 5.41) is 3.41. The van der Waals surface area contributed by atoms with E-state index in [-0.39, 0.29) is 12.4 Å². The summed E-state index contributed by atoms with van der Waals surface area (Å²) in [4.78, 5) is 11.2.